The molecule has 3 unspecified atom stereocenters. The molecule has 0 aromatic rings. The molecule has 4 N–H and O–H groups in total. The predicted octanol–water partition coefficient (Wildman–Crippen LogP) is 10.4. The maximum atomic E-state index is 12.4. The van der Waals surface area contributed by atoms with Gasteiger partial charge in [-0.05, 0) is 57.8 Å². The van der Waals surface area contributed by atoms with E-state index in [-0.39, 0.29) is 6.61 Å². The summed E-state index contributed by atoms with van der Waals surface area (Å²) in [5.74, 6) is -0.523. The van der Waals surface area contributed by atoms with Crippen molar-refractivity contribution in [3.05, 3.63) is 36.5 Å². The van der Waals surface area contributed by atoms with Crippen LogP contribution in [0, 0.1) is 0 Å². The maximum absolute atomic E-state index is 12.4. The minimum Gasteiger partial charge on any atom is -0.394 e. The van der Waals surface area contributed by atoms with Gasteiger partial charge in [-0.1, -0.05) is 166 Å². The minimum absolute atomic E-state index is 0.380. The topological polar surface area (TPSA) is 89.8 Å². The molecule has 0 fully saturated rings. The van der Waals surface area contributed by atoms with Crippen LogP contribution in [0.15, 0.2) is 36.5 Å². The van der Waals surface area contributed by atoms with Crippen LogP contribution in [-0.4, -0.2) is 46.1 Å². The molecule has 0 bridgehead atoms. The SMILES string of the molecule is CCCCCCCCC/C=C\CCCCCCC(O)C(=O)NC(CO)C(O)/C=C/CC/C=C/CCCCCCCCCCCC. The second-order valence-corrected chi connectivity index (χ2v) is 13.1. The number of carbonyl (C=O) groups is 1. The summed E-state index contributed by atoms with van der Waals surface area (Å²) in [5, 5.41) is 32.9. The van der Waals surface area contributed by atoms with Crippen LogP contribution in [0.1, 0.15) is 187 Å². The number of unbranched alkanes of at least 4 members (excludes halogenated alkanes) is 22. The number of hydrogen-bond donors (Lipinski definition) is 4. The zero-order chi connectivity index (χ0) is 33.1. The van der Waals surface area contributed by atoms with Crippen LogP contribution in [0.4, 0.5) is 0 Å². The smallest absolute Gasteiger partial charge is 0.249 e. The zero-order valence-corrected chi connectivity index (χ0v) is 29.7. The second-order valence-electron chi connectivity index (χ2n) is 13.1. The number of amides is 1. The van der Waals surface area contributed by atoms with E-state index in [9.17, 15) is 20.1 Å². The average Bonchev–Trinajstić information content (AvgIpc) is 3.04. The van der Waals surface area contributed by atoms with E-state index in [4.69, 9.17) is 0 Å². The lowest BCUT2D eigenvalue weighted by Gasteiger charge is -2.21. The van der Waals surface area contributed by atoms with Crippen LogP contribution in [0.2, 0.25) is 0 Å². The lowest BCUT2D eigenvalue weighted by molar-refractivity contribution is -0.131. The van der Waals surface area contributed by atoms with Crippen molar-refractivity contribution in [2.75, 3.05) is 6.61 Å². The van der Waals surface area contributed by atoms with Gasteiger partial charge in [0.15, 0.2) is 0 Å². The van der Waals surface area contributed by atoms with Crippen molar-refractivity contribution in [2.45, 2.75) is 205 Å². The van der Waals surface area contributed by atoms with Crippen LogP contribution >= 0.6 is 0 Å². The summed E-state index contributed by atoms with van der Waals surface area (Å²) >= 11 is 0. The van der Waals surface area contributed by atoms with Crippen molar-refractivity contribution in [1.82, 2.24) is 5.32 Å². The molecule has 0 rings (SSSR count). The Hall–Kier alpha value is -1.43. The third-order valence-corrected chi connectivity index (χ3v) is 8.70. The Morgan fingerprint density at radius 3 is 1.36 bits per heavy atom. The summed E-state index contributed by atoms with van der Waals surface area (Å²) in [5.41, 5.74) is 0. The lowest BCUT2D eigenvalue weighted by Crippen LogP contribution is -2.48. The number of aliphatic hydroxyl groups is 3. The van der Waals surface area contributed by atoms with Crippen LogP contribution in [-0.2, 0) is 4.79 Å². The minimum atomic E-state index is -1.11. The summed E-state index contributed by atoms with van der Waals surface area (Å²) in [6.07, 6.45) is 43.0. The number of nitrogens with one attached hydrogen (secondary N) is 1. The van der Waals surface area contributed by atoms with Crippen molar-refractivity contribution >= 4 is 5.91 Å². The first-order chi connectivity index (χ1) is 22.1. The van der Waals surface area contributed by atoms with E-state index in [1.807, 2.05) is 6.08 Å². The van der Waals surface area contributed by atoms with Gasteiger partial charge in [-0.2, -0.15) is 0 Å². The molecule has 0 radical (unpaired) electrons. The Balaban J connectivity index is 3.81. The summed E-state index contributed by atoms with van der Waals surface area (Å²) in [4.78, 5) is 12.4. The van der Waals surface area contributed by atoms with Gasteiger partial charge in [0.05, 0.1) is 18.8 Å². The molecule has 0 aromatic carbocycles. The van der Waals surface area contributed by atoms with Crippen molar-refractivity contribution in [3.8, 4) is 0 Å². The van der Waals surface area contributed by atoms with Gasteiger partial charge in [-0.15, -0.1) is 0 Å². The van der Waals surface area contributed by atoms with Crippen LogP contribution < -0.4 is 5.32 Å². The lowest BCUT2D eigenvalue weighted by atomic mass is 10.1. The van der Waals surface area contributed by atoms with E-state index in [0.717, 1.165) is 51.4 Å². The third kappa shape index (κ3) is 31.0. The molecule has 5 heteroatoms. The number of allylic oxidation sites excluding steroid dienone is 5. The van der Waals surface area contributed by atoms with Gasteiger partial charge in [0.2, 0.25) is 5.91 Å². The molecule has 0 saturated carbocycles. The zero-order valence-electron chi connectivity index (χ0n) is 29.7. The fourth-order valence-corrected chi connectivity index (χ4v) is 5.61. The largest absolute Gasteiger partial charge is 0.394 e. The van der Waals surface area contributed by atoms with Gasteiger partial charge in [-0.3, -0.25) is 4.79 Å². The number of hydrogen-bond acceptors (Lipinski definition) is 4. The molecule has 0 aliphatic rings. The van der Waals surface area contributed by atoms with Gasteiger partial charge in [0.25, 0.3) is 0 Å². The molecule has 3 atom stereocenters. The Kier molecular flexibility index (Phi) is 34.3. The van der Waals surface area contributed by atoms with Gasteiger partial charge in [0.1, 0.15) is 6.10 Å². The summed E-state index contributed by atoms with van der Waals surface area (Å²) in [6.45, 7) is 4.14. The summed E-state index contributed by atoms with van der Waals surface area (Å²) < 4.78 is 0. The molecule has 0 aliphatic carbocycles. The van der Waals surface area contributed by atoms with Gasteiger partial charge >= 0.3 is 0 Å². The number of aliphatic hydroxyl groups excluding tert-OH is 3. The highest BCUT2D eigenvalue weighted by Crippen LogP contribution is 2.13. The van der Waals surface area contributed by atoms with Crippen LogP contribution in [0.25, 0.3) is 0 Å². The molecule has 0 aliphatic heterocycles. The van der Waals surface area contributed by atoms with Crippen molar-refractivity contribution < 1.29 is 20.1 Å². The predicted molar refractivity (Wildman–Crippen MR) is 194 cm³/mol. The number of carbonyl (C=O) groups excluding carboxylic acids is 1. The summed E-state index contributed by atoms with van der Waals surface area (Å²) in [6, 6.07) is -0.817. The van der Waals surface area contributed by atoms with Gasteiger partial charge in [0, 0.05) is 0 Å². The van der Waals surface area contributed by atoms with Gasteiger partial charge < -0.3 is 20.6 Å². The summed E-state index contributed by atoms with van der Waals surface area (Å²) in [7, 11) is 0. The first-order valence-corrected chi connectivity index (χ1v) is 19.3. The quantitative estimate of drug-likeness (QED) is 0.0419. The van der Waals surface area contributed by atoms with E-state index >= 15 is 0 Å². The van der Waals surface area contributed by atoms with Crippen molar-refractivity contribution in [2.24, 2.45) is 0 Å². The number of rotatable bonds is 34. The van der Waals surface area contributed by atoms with E-state index in [1.54, 1.807) is 6.08 Å². The average molecular weight is 634 g/mol. The molecule has 1 amide bonds. The monoisotopic (exact) mass is 634 g/mol. The standard InChI is InChI=1S/C40H75NO4/c1-3-5-7-9-11-13-15-17-19-21-22-24-26-28-30-32-34-38(43)37(36-42)41-40(45)39(44)35-33-31-29-27-25-23-20-18-16-14-12-10-8-6-4-2/h20,23-24,26,32,34,37-39,42-44H,3-19,21-22,25,27-31,33,35-36H2,1-2H3,(H,41,45)/b23-20-,26-24+,34-32+. The molecule has 0 aromatic heterocycles. The van der Waals surface area contributed by atoms with Crippen molar-refractivity contribution in [3.63, 3.8) is 0 Å². The molecular formula is C40H75NO4. The Labute approximate surface area is 279 Å². The van der Waals surface area contributed by atoms with Crippen molar-refractivity contribution in [1.29, 1.82) is 0 Å². The maximum Gasteiger partial charge on any atom is 0.249 e. The molecule has 0 spiro atoms. The Bertz CT molecular complexity index is 704. The van der Waals surface area contributed by atoms with Crippen LogP contribution in [0.5, 0.6) is 0 Å². The second kappa shape index (κ2) is 35.4. The molecule has 264 valence electrons. The van der Waals surface area contributed by atoms with Gasteiger partial charge in [-0.25, -0.2) is 0 Å². The molecule has 0 saturated heterocycles. The Morgan fingerprint density at radius 2 is 0.911 bits per heavy atom. The van der Waals surface area contributed by atoms with Crippen LogP contribution in [0.3, 0.4) is 0 Å². The normalized spacial score (nSPS) is 14.2. The highest BCUT2D eigenvalue weighted by Gasteiger charge is 2.22. The fourth-order valence-electron chi connectivity index (χ4n) is 5.61. The molecular weight excluding hydrogens is 558 g/mol. The molecule has 45 heavy (non-hydrogen) atoms. The van der Waals surface area contributed by atoms with E-state index < -0.39 is 24.2 Å². The fraction of sp³-hybridized carbons (Fsp3) is 0.825. The Morgan fingerprint density at radius 1 is 0.533 bits per heavy atom. The third-order valence-electron chi connectivity index (χ3n) is 8.70. The van der Waals surface area contributed by atoms with E-state index in [2.05, 4.69) is 43.5 Å². The highest BCUT2D eigenvalue weighted by molar-refractivity contribution is 5.80. The molecule has 5 nitrogen and oxygen atoms in total. The molecule has 0 heterocycles. The highest BCUT2D eigenvalue weighted by atomic mass is 16.3. The van der Waals surface area contributed by atoms with E-state index in [1.165, 1.54) is 116 Å². The first-order valence-electron chi connectivity index (χ1n) is 19.3. The van der Waals surface area contributed by atoms with E-state index in [0.29, 0.717) is 6.42 Å². The first kappa shape index (κ1) is 43.6.